The molecule has 0 spiro atoms. The van der Waals surface area contributed by atoms with E-state index in [0.717, 1.165) is 23.3 Å². The second-order valence-corrected chi connectivity index (χ2v) is 12.9. The number of ether oxygens (including phenoxy) is 1. The molecule has 49 heavy (non-hydrogen) atoms. The number of carbonyl (C=O) groups is 3. The van der Waals surface area contributed by atoms with Crippen LogP contribution in [0.15, 0.2) is 66.7 Å². The molecule has 3 heterocycles. The lowest BCUT2D eigenvalue weighted by molar-refractivity contribution is -0.141. The Balaban J connectivity index is 1.40. The number of hydrogen-bond acceptors (Lipinski definition) is 6. The van der Waals surface area contributed by atoms with Crippen molar-refractivity contribution < 1.29 is 32.3 Å². The number of alkyl halides is 3. The van der Waals surface area contributed by atoms with Gasteiger partial charge in [-0.3, -0.25) is 20.2 Å². The number of halogens is 5. The zero-order valence-corrected chi connectivity index (χ0v) is 28.0. The fraction of sp³-hybridized carbons (Fsp3) is 0.382. The molecular weight excluding hydrogens is 684 g/mol. The molecule has 0 aliphatic carbocycles. The molecule has 6 rings (SSSR count). The summed E-state index contributed by atoms with van der Waals surface area (Å²) < 4.78 is 47.5. The fourth-order valence-corrected chi connectivity index (χ4v) is 6.84. The normalized spacial score (nSPS) is 23.0. The highest BCUT2D eigenvalue weighted by molar-refractivity contribution is 6.30. The number of piperazine rings is 2. The maximum Gasteiger partial charge on any atom is 0.416 e. The summed E-state index contributed by atoms with van der Waals surface area (Å²) in [7, 11) is 0. The lowest BCUT2D eigenvalue weighted by atomic mass is 9.94. The summed E-state index contributed by atoms with van der Waals surface area (Å²) in [5.41, 5.74) is -0.946. The Morgan fingerprint density at radius 2 is 1.39 bits per heavy atom. The van der Waals surface area contributed by atoms with Crippen LogP contribution in [0, 0.1) is 0 Å². The summed E-state index contributed by atoms with van der Waals surface area (Å²) in [5.74, 6) is -0.788. The van der Waals surface area contributed by atoms with Gasteiger partial charge in [0.1, 0.15) is 12.3 Å². The molecule has 15 heteroatoms. The maximum absolute atomic E-state index is 15.0. The number of amides is 4. The van der Waals surface area contributed by atoms with Crippen LogP contribution in [0.4, 0.5) is 18.0 Å². The fourth-order valence-electron chi connectivity index (χ4n) is 6.58. The third kappa shape index (κ3) is 7.16. The highest BCUT2D eigenvalue weighted by Gasteiger charge is 2.55. The average molecular weight is 720 g/mol. The van der Waals surface area contributed by atoms with E-state index in [0.29, 0.717) is 23.1 Å². The third-order valence-electron chi connectivity index (χ3n) is 9.02. The van der Waals surface area contributed by atoms with Crippen LogP contribution >= 0.6 is 23.2 Å². The largest absolute Gasteiger partial charge is 0.493 e. The molecule has 3 aromatic carbocycles. The molecule has 10 nitrogen and oxygen atoms in total. The first kappa shape index (κ1) is 34.8. The molecule has 3 aromatic rings. The number of benzene rings is 3. The first-order valence-electron chi connectivity index (χ1n) is 15.9. The Morgan fingerprint density at radius 1 is 0.837 bits per heavy atom. The van der Waals surface area contributed by atoms with E-state index < -0.39 is 35.4 Å². The first-order chi connectivity index (χ1) is 23.4. The molecule has 3 fully saturated rings. The Morgan fingerprint density at radius 3 is 1.90 bits per heavy atom. The quantitative estimate of drug-likeness (QED) is 0.334. The Labute approximate surface area is 291 Å². The van der Waals surface area contributed by atoms with E-state index in [2.05, 4.69) is 16.0 Å². The van der Waals surface area contributed by atoms with Gasteiger partial charge in [-0.15, -0.1) is 0 Å². The van der Waals surface area contributed by atoms with Crippen molar-refractivity contribution in [1.82, 2.24) is 30.7 Å². The number of nitrogens with zero attached hydrogens (tertiary/aromatic N) is 3. The van der Waals surface area contributed by atoms with E-state index in [9.17, 15) is 27.6 Å². The summed E-state index contributed by atoms with van der Waals surface area (Å²) in [5, 5.41) is 10.7. The van der Waals surface area contributed by atoms with E-state index in [1.54, 1.807) is 41.0 Å². The highest BCUT2D eigenvalue weighted by Crippen LogP contribution is 2.46. The standard InChI is InChI=1S/C34H35Cl2F3N6O4/c1-2-49-27-19-23(34(37,38)39)7-12-26(27)33(31(47)43-15-17-44(18-16-43)32(48)45-14-13-40-28(46)20-45)41-29(21-3-8-24(35)9-4-21)30(42-33)22-5-10-25(36)11-6-22/h3-12,19,29-30,41-42H,2,13-18,20H2,1H3,(H,40,46). The number of rotatable bonds is 6. The van der Waals surface area contributed by atoms with Gasteiger partial charge in [0.2, 0.25) is 5.91 Å². The van der Waals surface area contributed by atoms with E-state index in [1.165, 1.54) is 11.0 Å². The zero-order valence-electron chi connectivity index (χ0n) is 26.5. The van der Waals surface area contributed by atoms with Crippen molar-refractivity contribution in [2.24, 2.45) is 0 Å². The van der Waals surface area contributed by atoms with E-state index >= 15 is 0 Å². The van der Waals surface area contributed by atoms with E-state index in [1.807, 2.05) is 24.3 Å². The summed E-state index contributed by atoms with van der Waals surface area (Å²) in [6.45, 7) is 3.11. The number of urea groups is 1. The molecule has 0 saturated carbocycles. The van der Waals surface area contributed by atoms with Crippen LogP contribution in [-0.4, -0.2) is 85.0 Å². The molecule has 260 valence electrons. The van der Waals surface area contributed by atoms with Crippen LogP contribution in [-0.2, 0) is 21.4 Å². The van der Waals surface area contributed by atoms with E-state index in [-0.39, 0.29) is 62.6 Å². The molecule has 3 aliphatic rings. The predicted octanol–water partition coefficient (Wildman–Crippen LogP) is 4.94. The Hall–Kier alpha value is -4.04. The highest BCUT2D eigenvalue weighted by atomic mass is 35.5. The minimum atomic E-state index is -4.65. The summed E-state index contributed by atoms with van der Waals surface area (Å²) in [6, 6.07) is 15.9. The van der Waals surface area contributed by atoms with Gasteiger partial charge >= 0.3 is 12.2 Å². The van der Waals surface area contributed by atoms with Gasteiger partial charge in [0, 0.05) is 54.9 Å². The monoisotopic (exact) mass is 718 g/mol. The number of carbonyl (C=O) groups excluding carboxylic acids is 3. The van der Waals surface area contributed by atoms with Gasteiger partial charge in [0.15, 0.2) is 5.66 Å². The number of nitrogens with one attached hydrogen (secondary N) is 3. The van der Waals surface area contributed by atoms with Crippen molar-refractivity contribution in [3.05, 3.63) is 99.0 Å². The molecular formula is C34H35Cl2F3N6O4. The van der Waals surface area contributed by atoms with Gasteiger partial charge in [-0.05, 0) is 54.4 Å². The average Bonchev–Trinajstić information content (AvgIpc) is 3.50. The van der Waals surface area contributed by atoms with Crippen molar-refractivity contribution in [2.45, 2.75) is 30.8 Å². The van der Waals surface area contributed by atoms with Crippen molar-refractivity contribution in [3.63, 3.8) is 0 Å². The van der Waals surface area contributed by atoms with Crippen molar-refractivity contribution in [1.29, 1.82) is 0 Å². The summed E-state index contributed by atoms with van der Waals surface area (Å²) in [4.78, 5) is 44.7. The number of hydrogen-bond donors (Lipinski definition) is 3. The van der Waals surface area contributed by atoms with Crippen molar-refractivity contribution >= 4 is 41.0 Å². The second kappa shape index (κ2) is 14.1. The lowest BCUT2D eigenvalue weighted by Gasteiger charge is -2.42. The van der Waals surface area contributed by atoms with E-state index in [4.69, 9.17) is 27.9 Å². The van der Waals surface area contributed by atoms with Gasteiger partial charge in [-0.1, -0.05) is 53.5 Å². The van der Waals surface area contributed by atoms with Crippen LogP contribution in [0.3, 0.4) is 0 Å². The summed E-state index contributed by atoms with van der Waals surface area (Å²) in [6.07, 6.45) is -4.65. The van der Waals surface area contributed by atoms with Crippen LogP contribution < -0.4 is 20.7 Å². The maximum atomic E-state index is 15.0. The van der Waals surface area contributed by atoms with Gasteiger partial charge in [-0.25, -0.2) is 4.79 Å². The first-order valence-corrected chi connectivity index (χ1v) is 16.7. The minimum Gasteiger partial charge on any atom is -0.493 e. The van der Waals surface area contributed by atoms with Gasteiger partial charge in [-0.2, -0.15) is 13.2 Å². The molecule has 0 bridgehead atoms. The van der Waals surface area contributed by atoms with Crippen LogP contribution in [0.2, 0.25) is 10.0 Å². The lowest BCUT2D eigenvalue weighted by Crippen LogP contribution is -2.63. The van der Waals surface area contributed by atoms with Gasteiger partial charge in [0.25, 0.3) is 5.91 Å². The molecule has 3 aliphatic heterocycles. The molecule has 4 amide bonds. The SMILES string of the molecule is CCOc1cc(C(F)(F)F)ccc1C1(C(=O)N2CCN(C(=O)N3CCNC(=O)C3)CC2)NC(c2ccc(Cl)cc2)C(c2ccc(Cl)cc2)N1. The van der Waals surface area contributed by atoms with Crippen molar-refractivity contribution in [2.75, 3.05) is 52.4 Å². The molecule has 2 atom stereocenters. The molecule has 2 unspecified atom stereocenters. The predicted molar refractivity (Wildman–Crippen MR) is 177 cm³/mol. The van der Waals surface area contributed by atoms with Crippen LogP contribution in [0.1, 0.15) is 41.3 Å². The summed E-state index contributed by atoms with van der Waals surface area (Å²) >= 11 is 12.4. The molecule has 3 N–H and O–H groups in total. The van der Waals surface area contributed by atoms with Gasteiger partial charge < -0.3 is 24.8 Å². The van der Waals surface area contributed by atoms with Crippen LogP contribution in [0.5, 0.6) is 5.75 Å². The zero-order chi connectivity index (χ0) is 34.9. The third-order valence-corrected chi connectivity index (χ3v) is 9.52. The Kier molecular flexibility index (Phi) is 9.99. The topological polar surface area (TPSA) is 106 Å². The van der Waals surface area contributed by atoms with Crippen LogP contribution in [0.25, 0.3) is 0 Å². The molecule has 0 radical (unpaired) electrons. The smallest absolute Gasteiger partial charge is 0.416 e. The Bertz CT molecular complexity index is 1650. The minimum absolute atomic E-state index is 0.0404. The molecule has 0 aromatic heterocycles. The second-order valence-electron chi connectivity index (χ2n) is 12.1. The molecule has 3 saturated heterocycles. The van der Waals surface area contributed by atoms with Gasteiger partial charge in [0.05, 0.1) is 24.3 Å². The van der Waals surface area contributed by atoms with Crippen molar-refractivity contribution in [3.8, 4) is 5.75 Å².